The van der Waals surface area contributed by atoms with Crippen LogP contribution in [0.3, 0.4) is 0 Å². The van der Waals surface area contributed by atoms with Crippen LogP contribution in [0, 0.1) is 0 Å². The van der Waals surface area contributed by atoms with Crippen molar-refractivity contribution in [2.75, 3.05) is 25.1 Å². The van der Waals surface area contributed by atoms with E-state index in [1.807, 2.05) is 19.1 Å². The number of rotatable bonds is 3. The zero-order valence-electron chi connectivity index (χ0n) is 11.0. The number of piperidine rings is 1. The highest BCUT2D eigenvalue weighted by Crippen LogP contribution is 2.28. The maximum atomic E-state index is 6.28. The molecule has 1 saturated heterocycles. The molecular weight excluding hydrogens is 248 g/mol. The number of hydrogen-bond acceptors (Lipinski definition) is 3. The second-order valence-corrected chi connectivity index (χ2v) is 5.35. The highest BCUT2D eigenvalue weighted by atomic mass is 35.5. The summed E-state index contributed by atoms with van der Waals surface area (Å²) in [5, 5.41) is 0.752. The summed E-state index contributed by atoms with van der Waals surface area (Å²) in [6.07, 6.45) is 2.62. The third-order valence-electron chi connectivity index (χ3n) is 3.55. The molecule has 3 nitrogen and oxygen atoms in total. The number of halogens is 1. The molecule has 1 aromatic rings. The smallest absolute Gasteiger partial charge is 0.0746 e. The van der Waals surface area contributed by atoms with E-state index in [0.717, 1.165) is 42.2 Å². The molecule has 1 aliphatic rings. The van der Waals surface area contributed by atoms with Crippen LogP contribution in [0.4, 0.5) is 5.69 Å². The summed E-state index contributed by atoms with van der Waals surface area (Å²) < 4.78 is 5.44. The highest BCUT2D eigenvalue weighted by Gasteiger charge is 2.20. The number of nitrogens with zero attached hydrogens (tertiary/aromatic N) is 1. The number of methoxy groups -OCH3 is 1. The Labute approximate surface area is 114 Å². The molecule has 0 saturated carbocycles. The molecule has 0 bridgehead atoms. The predicted molar refractivity (Wildman–Crippen MR) is 76.3 cm³/mol. The van der Waals surface area contributed by atoms with Crippen molar-refractivity contribution in [3.8, 4) is 0 Å². The average molecular weight is 269 g/mol. The van der Waals surface area contributed by atoms with Crippen LogP contribution >= 0.6 is 11.6 Å². The zero-order valence-corrected chi connectivity index (χ0v) is 11.8. The minimum atomic E-state index is -0.0281. The molecule has 0 spiro atoms. The SMILES string of the molecule is COC1CCCN(c2ccc(C(C)N)c(Cl)c2)C1. The van der Waals surface area contributed by atoms with Gasteiger partial charge in [-0.05, 0) is 37.5 Å². The van der Waals surface area contributed by atoms with Gasteiger partial charge in [0.1, 0.15) is 0 Å². The van der Waals surface area contributed by atoms with Crippen LogP contribution in [0.5, 0.6) is 0 Å². The number of nitrogens with two attached hydrogens (primary N) is 1. The molecule has 0 amide bonds. The molecule has 0 aromatic heterocycles. The average Bonchev–Trinajstić information content (AvgIpc) is 2.38. The number of benzene rings is 1. The number of anilines is 1. The van der Waals surface area contributed by atoms with E-state index in [2.05, 4.69) is 11.0 Å². The van der Waals surface area contributed by atoms with E-state index in [1.54, 1.807) is 7.11 Å². The molecule has 2 unspecified atom stereocenters. The molecule has 2 N–H and O–H groups in total. The Morgan fingerprint density at radius 3 is 2.89 bits per heavy atom. The van der Waals surface area contributed by atoms with E-state index in [4.69, 9.17) is 22.1 Å². The molecule has 1 aromatic carbocycles. The first-order chi connectivity index (χ1) is 8.61. The van der Waals surface area contributed by atoms with Gasteiger partial charge >= 0.3 is 0 Å². The van der Waals surface area contributed by atoms with Crippen LogP contribution in [0.25, 0.3) is 0 Å². The molecule has 18 heavy (non-hydrogen) atoms. The Balaban J connectivity index is 2.16. The Morgan fingerprint density at radius 2 is 2.28 bits per heavy atom. The first-order valence-electron chi connectivity index (χ1n) is 6.44. The maximum Gasteiger partial charge on any atom is 0.0746 e. The molecule has 2 atom stereocenters. The van der Waals surface area contributed by atoms with Crippen molar-refractivity contribution in [3.05, 3.63) is 28.8 Å². The van der Waals surface area contributed by atoms with Crippen LogP contribution < -0.4 is 10.6 Å². The van der Waals surface area contributed by atoms with Crippen molar-refractivity contribution in [2.24, 2.45) is 5.73 Å². The van der Waals surface area contributed by atoms with Gasteiger partial charge in [-0.15, -0.1) is 0 Å². The van der Waals surface area contributed by atoms with E-state index in [1.165, 1.54) is 0 Å². The van der Waals surface area contributed by atoms with Crippen molar-refractivity contribution in [1.82, 2.24) is 0 Å². The maximum absolute atomic E-state index is 6.28. The standard InChI is InChI=1S/C14H21ClN2O/c1-10(16)13-6-5-11(8-14(13)15)17-7-3-4-12(9-17)18-2/h5-6,8,10,12H,3-4,7,9,16H2,1-2H3. The van der Waals surface area contributed by atoms with E-state index >= 15 is 0 Å². The lowest BCUT2D eigenvalue weighted by atomic mass is 10.1. The normalized spacial score (nSPS) is 22.0. The van der Waals surface area contributed by atoms with Crippen molar-refractivity contribution in [2.45, 2.75) is 31.9 Å². The second-order valence-electron chi connectivity index (χ2n) is 4.94. The summed E-state index contributed by atoms with van der Waals surface area (Å²) in [4.78, 5) is 2.33. The van der Waals surface area contributed by atoms with E-state index in [-0.39, 0.29) is 6.04 Å². The fourth-order valence-electron chi connectivity index (χ4n) is 2.45. The predicted octanol–water partition coefficient (Wildman–Crippen LogP) is 2.97. The van der Waals surface area contributed by atoms with Crippen LogP contribution in [0.1, 0.15) is 31.4 Å². The lowest BCUT2D eigenvalue weighted by Gasteiger charge is -2.34. The van der Waals surface area contributed by atoms with Gasteiger partial charge in [-0.2, -0.15) is 0 Å². The van der Waals surface area contributed by atoms with E-state index < -0.39 is 0 Å². The largest absolute Gasteiger partial charge is 0.380 e. The van der Waals surface area contributed by atoms with Gasteiger partial charge in [0.15, 0.2) is 0 Å². The molecule has 2 rings (SSSR count). The lowest BCUT2D eigenvalue weighted by Crippen LogP contribution is -2.39. The minimum Gasteiger partial charge on any atom is -0.380 e. The molecule has 1 fully saturated rings. The third kappa shape index (κ3) is 2.97. The summed E-state index contributed by atoms with van der Waals surface area (Å²) in [6, 6.07) is 6.11. The number of ether oxygens (including phenoxy) is 1. The van der Waals surface area contributed by atoms with Gasteiger partial charge in [-0.25, -0.2) is 0 Å². The quantitative estimate of drug-likeness (QED) is 0.916. The van der Waals surface area contributed by atoms with Gasteiger partial charge in [0.05, 0.1) is 6.10 Å². The van der Waals surface area contributed by atoms with Crippen LogP contribution in [-0.4, -0.2) is 26.3 Å². The summed E-state index contributed by atoms with van der Waals surface area (Å²) in [5.74, 6) is 0. The van der Waals surface area contributed by atoms with Gasteiger partial charge in [0.2, 0.25) is 0 Å². The molecule has 1 heterocycles. The Bertz CT molecular complexity index is 409. The molecule has 100 valence electrons. The van der Waals surface area contributed by atoms with Crippen molar-refractivity contribution >= 4 is 17.3 Å². The molecule has 0 radical (unpaired) electrons. The topological polar surface area (TPSA) is 38.5 Å². The lowest BCUT2D eigenvalue weighted by molar-refractivity contribution is 0.0893. The Kier molecular flexibility index (Phi) is 4.49. The number of hydrogen-bond donors (Lipinski definition) is 1. The molecular formula is C14H21ClN2O. The van der Waals surface area contributed by atoms with Gasteiger partial charge < -0.3 is 15.4 Å². The summed E-state index contributed by atoms with van der Waals surface area (Å²) in [6.45, 7) is 3.95. The van der Waals surface area contributed by atoms with Crippen LogP contribution in [0.15, 0.2) is 18.2 Å². The van der Waals surface area contributed by atoms with E-state index in [9.17, 15) is 0 Å². The van der Waals surface area contributed by atoms with Gasteiger partial charge in [0, 0.05) is 37.0 Å². The fourth-order valence-corrected chi connectivity index (χ4v) is 2.79. The Hall–Kier alpha value is -0.770. The second kappa shape index (κ2) is 5.91. The molecule has 4 heteroatoms. The van der Waals surface area contributed by atoms with Crippen molar-refractivity contribution < 1.29 is 4.74 Å². The summed E-state index contributed by atoms with van der Waals surface area (Å²) in [7, 11) is 1.78. The monoisotopic (exact) mass is 268 g/mol. The van der Waals surface area contributed by atoms with Crippen molar-refractivity contribution in [1.29, 1.82) is 0 Å². The zero-order chi connectivity index (χ0) is 13.1. The van der Waals surface area contributed by atoms with Crippen LogP contribution in [-0.2, 0) is 4.74 Å². The summed E-state index contributed by atoms with van der Waals surface area (Å²) >= 11 is 6.28. The van der Waals surface area contributed by atoms with E-state index in [0.29, 0.717) is 6.10 Å². The molecule has 1 aliphatic heterocycles. The summed E-state index contributed by atoms with van der Waals surface area (Å²) in [5.41, 5.74) is 8.03. The Morgan fingerprint density at radius 1 is 1.50 bits per heavy atom. The first-order valence-corrected chi connectivity index (χ1v) is 6.82. The highest BCUT2D eigenvalue weighted by molar-refractivity contribution is 6.31. The minimum absolute atomic E-state index is 0.0281. The molecule has 0 aliphatic carbocycles. The van der Waals surface area contributed by atoms with Gasteiger partial charge in [-0.3, -0.25) is 0 Å². The first kappa shape index (κ1) is 13.7. The fraction of sp³-hybridized carbons (Fsp3) is 0.571. The van der Waals surface area contributed by atoms with Crippen LogP contribution in [0.2, 0.25) is 5.02 Å². The van der Waals surface area contributed by atoms with Crippen molar-refractivity contribution in [3.63, 3.8) is 0 Å². The third-order valence-corrected chi connectivity index (χ3v) is 3.88. The van der Waals surface area contributed by atoms with Gasteiger partial charge in [0.25, 0.3) is 0 Å². The van der Waals surface area contributed by atoms with Gasteiger partial charge in [-0.1, -0.05) is 17.7 Å².